The molecular formula is C22H41N2+. The minimum Gasteiger partial charge on any atom is -0.250 e. The normalized spacial score (nSPS) is 11.5. The lowest BCUT2D eigenvalue weighted by molar-refractivity contribution is -0.566. The van der Waals surface area contributed by atoms with Crippen LogP contribution in [0.25, 0.3) is 6.20 Å². The third-order valence-electron chi connectivity index (χ3n) is 4.82. The first-order valence-corrected chi connectivity index (χ1v) is 10.6. The van der Waals surface area contributed by atoms with E-state index in [1.165, 1.54) is 103 Å². The Bertz CT molecular complexity index is 367. The van der Waals surface area contributed by atoms with Crippen LogP contribution in [0.2, 0.25) is 0 Å². The van der Waals surface area contributed by atoms with Gasteiger partial charge in [0.2, 0.25) is 6.33 Å². The molecule has 0 amide bonds. The second kappa shape index (κ2) is 16.8. The van der Waals surface area contributed by atoms with Gasteiger partial charge in [-0.15, -0.1) is 0 Å². The molecule has 0 aromatic carbocycles. The Morgan fingerprint density at radius 1 is 0.708 bits per heavy atom. The molecule has 0 aliphatic rings. The summed E-state index contributed by atoms with van der Waals surface area (Å²) in [5, 5.41) is 0. The quantitative estimate of drug-likeness (QED) is 0.233. The number of hydrogen-bond acceptors (Lipinski definition) is 0. The molecule has 2 heteroatoms. The van der Waals surface area contributed by atoms with Crippen molar-refractivity contribution in [1.29, 1.82) is 0 Å². The van der Waals surface area contributed by atoms with E-state index in [4.69, 9.17) is 0 Å². The van der Waals surface area contributed by atoms with E-state index in [1.807, 2.05) is 18.7 Å². The fourth-order valence-electron chi connectivity index (χ4n) is 3.22. The maximum Gasteiger partial charge on any atom is 0.246 e. The summed E-state index contributed by atoms with van der Waals surface area (Å²) in [6.45, 7) is 2.29. The van der Waals surface area contributed by atoms with Gasteiger partial charge in [-0.2, -0.15) is 0 Å². The zero-order valence-corrected chi connectivity index (χ0v) is 16.1. The molecule has 1 aromatic rings. The summed E-state index contributed by atoms with van der Waals surface area (Å²) in [4.78, 5) is 3.05. The van der Waals surface area contributed by atoms with E-state index in [9.17, 15) is 0 Å². The van der Waals surface area contributed by atoms with Gasteiger partial charge in [-0.1, -0.05) is 96.8 Å². The Hall–Kier alpha value is -1.05. The lowest BCUT2D eigenvalue weighted by atomic mass is 10.0. The fraction of sp³-hybridized carbons (Fsp3) is 0.773. The van der Waals surface area contributed by atoms with Crippen LogP contribution in [0.15, 0.2) is 24.8 Å². The van der Waals surface area contributed by atoms with Gasteiger partial charge in [-0.3, -0.25) is 0 Å². The van der Waals surface area contributed by atoms with Crippen molar-refractivity contribution in [2.75, 3.05) is 0 Å². The largest absolute Gasteiger partial charge is 0.250 e. The van der Waals surface area contributed by atoms with Crippen LogP contribution in [-0.4, -0.2) is 4.98 Å². The summed E-state index contributed by atoms with van der Waals surface area (Å²) < 4.78 is 2.06. The summed E-state index contributed by atoms with van der Waals surface area (Å²) in [5.41, 5.74) is 0. The number of unbranched alkanes of at least 4 members (excludes halogenated alkanes) is 15. The van der Waals surface area contributed by atoms with Crippen LogP contribution in [0.4, 0.5) is 0 Å². The zero-order chi connectivity index (χ0) is 17.1. The number of rotatable bonds is 17. The topological polar surface area (TPSA) is 19.7 Å². The Kier molecular flexibility index (Phi) is 14.7. The molecule has 0 aliphatic heterocycles. The number of hydrogen-bond donors (Lipinski definition) is 1. The Morgan fingerprint density at radius 3 is 1.67 bits per heavy atom. The molecule has 1 N–H and O–H groups in total. The first-order chi connectivity index (χ1) is 11.9. The van der Waals surface area contributed by atoms with Gasteiger partial charge >= 0.3 is 0 Å². The van der Waals surface area contributed by atoms with Gasteiger partial charge in [0, 0.05) is 0 Å². The van der Waals surface area contributed by atoms with Crippen LogP contribution in [0.1, 0.15) is 110 Å². The van der Waals surface area contributed by atoms with Gasteiger partial charge < -0.3 is 0 Å². The molecule has 0 saturated heterocycles. The standard InChI is InChI=1S/C22H40N2/c1-2-3-4-5-6-7-8-9-10-11-12-13-14-15-16-17-18-20-24-21-19-23-22-24/h18-22H,2-17H2,1H3/p+1. The minimum absolute atomic E-state index is 1.20. The maximum absolute atomic E-state index is 3.05. The van der Waals surface area contributed by atoms with E-state index in [0.717, 1.165) is 0 Å². The van der Waals surface area contributed by atoms with Crippen molar-refractivity contribution in [3.8, 4) is 0 Å². The summed E-state index contributed by atoms with van der Waals surface area (Å²) in [6.07, 6.45) is 33.1. The Labute approximate surface area is 150 Å². The molecule has 1 heterocycles. The molecule has 0 aliphatic carbocycles. The molecule has 138 valence electrons. The van der Waals surface area contributed by atoms with Gasteiger partial charge in [-0.05, 0) is 18.9 Å². The van der Waals surface area contributed by atoms with E-state index in [0.29, 0.717) is 0 Å². The van der Waals surface area contributed by atoms with E-state index in [1.54, 1.807) is 0 Å². The van der Waals surface area contributed by atoms with Crippen molar-refractivity contribution in [2.24, 2.45) is 0 Å². The Morgan fingerprint density at radius 2 is 1.21 bits per heavy atom. The lowest BCUT2D eigenvalue weighted by Crippen LogP contribution is -2.20. The first-order valence-electron chi connectivity index (χ1n) is 10.6. The summed E-state index contributed by atoms with van der Waals surface area (Å²) in [6, 6.07) is 0. The average molecular weight is 334 g/mol. The number of H-pyrrole nitrogens is 1. The van der Waals surface area contributed by atoms with Gasteiger partial charge in [-0.25, -0.2) is 9.55 Å². The minimum atomic E-state index is 1.20. The van der Waals surface area contributed by atoms with E-state index in [2.05, 4.69) is 28.8 Å². The SMILES string of the molecule is CCCCCCCCCCCCCCCCCC=C[n+]1cc[nH]c1. The maximum atomic E-state index is 3.05. The smallest absolute Gasteiger partial charge is 0.246 e. The highest BCUT2D eigenvalue weighted by molar-refractivity contribution is 5.04. The third kappa shape index (κ3) is 13.4. The van der Waals surface area contributed by atoms with Crippen molar-refractivity contribution in [1.82, 2.24) is 4.98 Å². The fourth-order valence-corrected chi connectivity index (χ4v) is 3.22. The van der Waals surface area contributed by atoms with Crippen LogP contribution in [-0.2, 0) is 0 Å². The highest BCUT2D eigenvalue weighted by Gasteiger charge is 1.94. The summed E-state index contributed by atoms with van der Waals surface area (Å²) in [5.74, 6) is 0. The predicted molar refractivity (Wildman–Crippen MR) is 106 cm³/mol. The molecule has 2 nitrogen and oxygen atoms in total. The predicted octanol–water partition coefficient (Wildman–Crippen LogP) is 7.03. The molecule has 0 bridgehead atoms. The van der Waals surface area contributed by atoms with Crippen LogP contribution < -0.4 is 4.57 Å². The molecule has 1 rings (SSSR count). The molecule has 0 unspecified atom stereocenters. The lowest BCUT2D eigenvalue weighted by Gasteiger charge is -2.03. The van der Waals surface area contributed by atoms with Gasteiger partial charge in [0.1, 0.15) is 12.4 Å². The summed E-state index contributed by atoms with van der Waals surface area (Å²) >= 11 is 0. The molecule has 0 spiro atoms. The Balaban J connectivity index is 1.70. The molecule has 0 radical (unpaired) electrons. The molecule has 0 fully saturated rings. The zero-order valence-electron chi connectivity index (χ0n) is 16.1. The van der Waals surface area contributed by atoms with Crippen molar-refractivity contribution in [3.63, 3.8) is 0 Å². The number of nitrogens with zero attached hydrogens (tertiary/aromatic N) is 1. The van der Waals surface area contributed by atoms with Crippen molar-refractivity contribution in [2.45, 2.75) is 110 Å². The number of nitrogens with one attached hydrogen (secondary N) is 1. The number of imidazole rings is 1. The second-order valence-corrected chi connectivity index (χ2v) is 7.18. The third-order valence-corrected chi connectivity index (χ3v) is 4.82. The highest BCUT2D eigenvalue weighted by Crippen LogP contribution is 2.13. The van der Waals surface area contributed by atoms with Crippen LogP contribution in [0.3, 0.4) is 0 Å². The number of allylic oxidation sites excluding steroid dienone is 1. The van der Waals surface area contributed by atoms with E-state index < -0.39 is 0 Å². The molecule has 1 aromatic heterocycles. The van der Waals surface area contributed by atoms with Crippen molar-refractivity contribution < 1.29 is 4.57 Å². The molecule has 0 saturated carbocycles. The van der Waals surface area contributed by atoms with Crippen LogP contribution in [0, 0.1) is 0 Å². The van der Waals surface area contributed by atoms with Crippen LogP contribution in [0.5, 0.6) is 0 Å². The van der Waals surface area contributed by atoms with Gasteiger partial charge in [0.05, 0.1) is 6.20 Å². The first kappa shape index (κ1) is 21.0. The average Bonchev–Trinajstić information content (AvgIpc) is 3.11. The van der Waals surface area contributed by atoms with E-state index >= 15 is 0 Å². The molecular weight excluding hydrogens is 292 g/mol. The number of aromatic amines is 1. The monoisotopic (exact) mass is 333 g/mol. The second-order valence-electron chi connectivity index (χ2n) is 7.18. The highest BCUT2D eigenvalue weighted by atomic mass is 15.0. The van der Waals surface area contributed by atoms with Gasteiger partial charge in [0.15, 0.2) is 0 Å². The van der Waals surface area contributed by atoms with Crippen molar-refractivity contribution >= 4 is 6.20 Å². The van der Waals surface area contributed by atoms with Crippen LogP contribution >= 0.6 is 0 Å². The van der Waals surface area contributed by atoms with Crippen molar-refractivity contribution in [3.05, 3.63) is 24.8 Å². The summed E-state index contributed by atoms with van der Waals surface area (Å²) in [7, 11) is 0. The molecule has 0 atom stereocenters. The van der Waals surface area contributed by atoms with E-state index in [-0.39, 0.29) is 0 Å². The number of aromatic nitrogens is 2. The van der Waals surface area contributed by atoms with Gasteiger partial charge in [0.25, 0.3) is 0 Å². The molecule has 24 heavy (non-hydrogen) atoms.